The third-order valence-electron chi connectivity index (χ3n) is 3.59. The van der Waals surface area contributed by atoms with Crippen LogP contribution in [0.4, 0.5) is 5.69 Å². The fraction of sp³-hybridized carbons (Fsp3) is 0.533. The van der Waals surface area contributed by atoms with E-state index in [9.17, 15) is 0 Å². The lowest BCUT2D eigenvalue weighted by Gasteiger charge is -2.10. The second-order valence-corrected chi connectivity index (χ2v) is 5.75. The zero-order valence-electron chi connectivity index (χ0n) is 13.7. The number of rotatable bonds is 6. The minimum Gasteiger partial charge on any atom is -0.362 e. The van der Waals surface area contributed by atoms with Crippen molar-refractivity contribution in [3.8, 4) is 0 Å². The smallest absolute Gasteiger partial charge is 0.170 e. The van der Waals surface area contributed by atoms with Gasteiger partial charge in [-0.2, -0.15) is 10.2 Å². The summed E-state index contributed by atoms with van der Waals surface area (Å²) in [5, 5.41) is 15.8. The molecule has 0 atom stereocenters. The number of thiocarbonyl (C=S) groups is 1. The molecule has 0 aliphatic carbocycles. The van der Waals surface area contributed by atoms with Gasteiger partial charge >= 0.3 is 0 Å². The molecule has 2 N–H and O–H groups in total. The van der Waals surface area contributed by atoms with Crippen molar-refractivity contribution in [2.24, 2.45) is 0 Å². The van der Waals surface area contributed by atoms with E-state index in [1.807, 2.05) is 29.4 Å². The van der Waals surface area contributed by atoms with E-state index in [0.717, 1.165) is 43.1 Å². The van der Waals surface area contributed by atoms with Crippen LogP contribution in [0.3, 0.4) is 0 Å². The highest BCUT2D eigenvalue weighted by Gasteiger charge is 2.06. The highest BCUT2D eigenvalue weighted by atomic mass is 32.1. The highest BCUT2D eigenvalue weighted by Crippen LogP contribution is 2.12. The van der Waals surface area contributed by atoms with Crippen LogP contribution in [0.25, 0.3) is 0 Å². The number of hydrogen-bond acceptors (Lipinski definition) is 3. The largest absolute Gasteiger partial charge is 0.362 e. The topological polar surface area (TPSA) is 59.7 Å². The Kier molecular flexibility index (Phi) is 5.54. The molecule has 0 saturated carbocycles. The van der Waals surface area contributed by atoms with Gasteiger partial charge in [0.1, 0.15) is 0 Å². The Morgan fingerprint density at radius 1 is 1.27 bits per heavy atom. The zero-order chi connectivity index (χ0) is 16.1. The van der Waals surface area contributed by atoms with E-state index in [-0.39, 0.29) is 0 Å². The summed E-state index contributed by atoms with van der Waals surface area (Å²) in [6, 6.07) is 2.09. The maximum absolute atomic E-state index is 5.32. The molecule has 0 saturated heterocycles. The molecular weight excluding hydrogens is 296 g/mol. The van der Waals surface area contributed by atoms with Gasteiger partial charge in [0.15, 0.2) is 5.11 Å². The van der Waals surface area contributed by atoms with Gasteiger partial charge in [0, 0.05) is 25.3 Å². The SMILES string of the molecule is CCn1ncc(NC(=S)NCCCn2nc(C)cc2C)c1C. The summed E-state index contributed by atoms with van der Waals surface area (Å²) in [5.74, 6) is 0. The first-order chi connectivity index (χ1) is 10.5. The molecule has 2 aromatic heterocycles. The van der Waals surface area contributed by atoms with Crippen LogP contribution in [0.2, 0.25) is 0 Å². The second-order valence-electron chi connectivity index (χ2n) is 5.34. The Balaban J connectivity index is 1.74. The Morgan fingerprint density at radius 3 is 2.64 bits per heavy atom. The third kappa shape index (κ3) is 4.07. The van der Waals surface area contributed by atoms with Gasteiger partial charge in [-0.25, -0.2) is 0 Å². The van der Waals surface area contributed by atoms with Crippen molar-refractivity contribution >= 4 is 23.0 Å². The molecule has 120 valence electrons. The first-order valence-electron chi connectivity index (χ1n) is 7.59. The van der Waals surface area contributed by atoms with Crippen molar-refractivity contribution in [1.82, 2.24) is 24.9 Å². The van der Waals surface area contributed by atoms with Crippen molar-refractivity contribution in [2.75, 3.05) is 11.9 Å². The van der Waals surface area contributed by atoms with Crippen LogP contribution in [0.15, 0.2) is 12.3 Å². The minimum atomic E-state index is 0.632. The highest BCUT2D eigenvalue weighted by molar-refractivity contribution is 7.80. The van der Waals surface area contributed by atoms with Crippen molar-refractivity contribution in [3.05, 3.63) is 29.3 Å². The van der Waals surface area contributed by atoms with Gasteiger partial charge in [-0.3, -0.25) is 9.36 Å². The fourth-order valence-electron chi connectivity index (χ4n) is 2.39. The quantitative estimate of drug-likeness (QED) is 0.632. The molecule has 0 unspecified atom stereocenters. The number of aryl methyl sites for hydroxylation is 4. The first-order valence-corrected chi connectivity index (χ1v) is 8.00. The maximum Gasteiger partial charge on any atom is 0.170 e. The molecule has 2 rings (SSSR count). The summed E-state index contributed by atoms with van der Waals surface area (Å²) in [5.41, 5.74) is 4.30. The summed E-state index contributed by atoms with van der Waals surface area (Å²) in [7, 11) is 0. The number of nitrogens with zero attached hydrogens (tertiary/aromatic N) is 4. The predicted octanol–water partition coefficient (Wildman–Crippen LogP) is 2.40. The molecular formula is C15H24N6S. The average molecular weight is 320 g/mol. The van der Waals surface area contributed by atoms with Gasteiger partial charge in [-0.15, -0.1) is 0 Å². The van der Waals surface area contributed by atoms with Crippen LogP contribution in [-0.4, -0.2) is 31.2 Å². The van der Waals surface area contributed by atoms with Gasteiger partial charge < -0.3 is 10.6 Å². The van der Waals surface area contributed by atoms with Gasteiger partial charge in [-0.1, -0.05) is 0 Å². The molecule has 0 amide bonds. The Bertz CT molecular complexity index is 642. The third-order valence-corrected chi connectivity index (χ3v) is 3.83. The van der Waals surface area contributed by atoms with Crippen molar-refractivity contribution in [2.45, 2.75) is 47.2 Å². The number of anilines is 1. The van der Waals surface area contributed by atoms with Crippen LogP contribution in [-0.2, 0) is 13.1 Å². The van der Waals surface area contributed by atoms with Crippen LogP contribution in [0, 0.1) is 20.8 Å². The monoisotopic (exact) mass is 320 g/mol. The van der Waals surface area contributed by atoms with Crippen LogP contribution >= 0.6 is 12.2 Å². The van der Waals surface area contributed by atoms with Crippen LogP contribution in [0.5, 0.6) is 0 Å². The minimum absolute atomic E-state index is 0.632. The summed E-state index contributed by atoms with van der Waals surface area (Å²) < 4.78 is 3.97. The summed E-state index contributed by atoms with van der Waals surface area (Å²) in [6.07, 6.45) is 2.78. The summed E-state index contributed by atoms with van der Waals surface area (Å²) in [4.78, 5) is 0. The molecule has 0 aliphatic rings. The molecule has 22 heavy (non-hydrogen) atoms. The zero-order valence-corrected chi connectivity index (χ0v) is 14.5. The molecule has 0 aliphatic heterocycles. The molecule has 0 bridgehead atoms. The molecule has 2 aromatic rings. The van der Waals surface area contributed by atoms with E-state index in [1.165, 1.54) is 5.69 Å². The predicted molar refractivity (Wildman–Crippen MR) is 93.2 cm³/mol. The molecule has 2 heterocycles. The Hall–Kier alpha value is -1.89. The van der Waals surface area contributed by atoms with E-state index in [1.54, 1.807) is 0 Å². The van der Waals surface area contributed by atoms with E-state index in [2.05, 4.69) is 40.7 Å². The van der Waals surface area contributed by atoms with E-state index in [4.69, 9.17) is 12.2 Å². The van der Waals surface area contributed by atoms with Crippen LogP contribution < -0.4 is 10.6 Å². The van der Waals surface area contributed by atoms with E-state index in [0.29, 0.717) is 5.11 Å². The van der Waals surface area contributed by atoms with Crippen molar-refractivity contribution in [1.29, 1.82) is 0 Å². The van der Waals surface area contributed by atoms with Gasteiger partial charge in [0.05, 0.1) is 23.3 Å². The molecule has 6 nitrogen and oxygen atoms in total. The van der Waals surface area contributed by atoms with Crippen LogP contribution in [0.1, 0.15) is 30.4 Å². The Morgan fingerprint density at radius 2 is 2.05 bits per heavy atom. The van der Waals surface area contributed by atoms with Gasteiger partial charge in [-0.05, 0) is 52.4 Å². The number of aromatic nitrogens is 4. The fourth-order valence-corrected chi connectivity index (χ4v) is 2.60. The first kappa shape index (κ1) is 16.5. The number of hydrogen-bond donors (Lipinski definition) is 2. The lowest BCUT2D eigenvalue weighted by atomic mass is 10.4. The normalized spacial score (nSPS) is 10.7. The van der Waals surface area contributed by atoms with Crippen molar-refractivity contribution in [3.63, 3.8) is 0 Å². The van der Waals surface area contributed by atoms with Crippen molar-refractivity contribution < 1.29 is 0 Å². The maximum atomic E-state index is 5.32. The lowest BCUT2D eigenvalue weighted by molar-refractivity contribution is 0.558. The molecule has 0 radical (unpaired) electrons. The summed E-state index contributed by atoms with van der Waals surface area (Å²) >= 11 is 5.32. The van der Waals surface area contributed by atoms with E-state index < -0.39 is 0 Å². The van der Waals surface area contributed by atoms with Gasteiger partial charge in [0.25, 0.3) is 0 Å². The molecule has 0 spiro atoms. The standard InChI is InChI=1S/C15H24N6S/c1-5-20-13(4)14(10-17-20)18-15(22)16-7-6-8-21-12(3)9-11(2)19-21/h9-10H,5-8H2,1-4H3,(H2,16,18,22). The van der Waals surface area contributed by atoms with E-state index >= 15 is 0 Å². The molecule has 7 heteroatoms. The average Bonchev–Trinajstić information content (AvgIpc) is 2.98. The lowest BCUT2D eigenvalue weighted by Crippen LogP contribution is -2.30. The molecule has 0 fully saturated rings. The molecule has 0 aromatic carbocycles. The number of nitrogens with one attached hydrogen (secondary N) is 2. The summed E-state index contributed by atoms with van der Waals surface area (Å²) in [6.45, 7) is 10.8. The Labute approximate surface area is 136 Å². The second kappa shape index (κ2) is 7.40. The van der Waals surface area contributed by atoms with Gasteiger partial charge in [0.2, 0.25) is 0 Å².